The van der Waals surface area contributed by atoms with Gasteiger partial charge in [0, 0.05) is 37.3 Å². The number of benzene rings is 2. The second-order valence-electron chi connectivity index (χ2n) is 7.94. The first-order valence-corrected chi connectivity index (χ1v) is 10.2. The summed E-state index contributed by atoms with van der Waals surface area (Å²) in [7, 11) is 0. The van der Waals surface area contributed by atoms with Gasteiger partial charge in [-0.1, -0.05) is 12.1 Å². The first kappa shape index (κ1) is 20.7. The Morgan fingerprint density at radius 2 is 1.94 bits per heavy atom. The topological polar surface area (TPSA) is 80.1 Å². The summed E-state index contributed by atoms with van der Waals surface area (Å²) in [5.41, 5.74) is 2.92. The van der Waals surface area contributed by atoms with E-state index in [-0.39, 0.29) is 29.6 Å². The number of carbonyl (C=O) groups is 2. The molecule has 0 radical (unpaired) electrons. The molecule has 1 aliphatic heterocycles. The molecule has 1 aliphatic rings. The lowest BCUT2D eigenvalue weighted by atomic mass is 9.98. The van der Waals surface area contributed by atoms with E-state index in [1.54, 1.807) is 46.2 Å². The van der Waals surface area contributed by atoms with E-state index < -0.39 is 0 Å². The Labute approximate surface area is 179 Å². The molecule has 31 heavy (non-hydrogen) atoms. The zero-order chi connectivity index (χ0) is 22.1. The van der Waals surface area contributed by atoms with Gasteiger partial charge in [0.05, 0.1) is 5.92 Å². The minimum Gasteiger partial charge on any atom is -0.348 e. The van der Waals surface area contributed by atoms with Crippen LogP contribution >= 0.6 is 0 Å². The highest BCUT2D eigenvalue weighted by atomic mass is 19.1. The molecular formula is C23H24FN5O2. The maximum Gasteiger partial charge on any atom is 0.251 e. The van der Waals surface area contributed by atoms with Crippen molar-refractivity contribution < 1.29 is 14.0 Å². The van der Waals surface area contributed by atoms with Crippen LogP contribution in [0.15, 0.2) is 48.8 Å². The molecule has 0 aliphatic carbocycles. The molecule has 2 amide bonds. The van der Waals surface area contributed by atoms with Crippen LogP contribution in [0.25, 0.3) is 0 Å². The predicted molar refractivity (Wildman–Crippen MR) is 114 cm³/mol. The van der Waals surface area contributed by atoms with Gasteiger partial charge in [-0.15, -0.1) is 0 Å². The molecule has 0 fully saturated rings. The molecule has 0 saturated carbocycles. The van der Waals surface area contributed by atoms with Crippen LogP contribution in [0.5, 0.6) is 0 Å². The van der Waals surface area contributed by atoms with Gasteiger partial charge < -0.3 is 10.2 Å². The zero-order valence-electron chi connectivity index (χ0n) is 17.7. The van der Waals surface area contributed by atoms with Gasteiger partial charge in [0.1, 0.15) is 12.1 Å². The predicted octanol–water partition coefficient (Wildman–Crippen LogP) is 3.43. The number of nitrogens with one attached hydrogen (secondary N) is 1. The molecule has 1 N–H and O–H groups in total. The van der Waals surface area contributed by atoms with Crippen molar-refractivity contribution in [2.45, 2.75) is 39.3 Å². The van der Waals surface area contributed by atoms with Gasteiger partial charge in [-0.2, -0.15) is 5.10 Å². The number of amides is 2. The summed E-state index contributed by atoms with van der Waals surface area (Å²) in [4.78, 5) is 31.1. The Bertz CT molecular complexity index is 1120. The van der Waals surface area contributed by atoms with Crippen molar-refractivity contribution in [3.8, 4) is 0 Å². The van der Waals surface area contributed by atoms with E-state index in [9.17, 15) is 14.0 Å². The molecule has 1 atom stereocenters. The molecule has 2 aromatic carbocycles. The van der Waals surface area contributed by atoms with Crippen LogP contribution in [-0.4, -0.2) is 33.1 Å². The second-order valence-corrected chi connectivity index (χ2v) is 7.94. The largest absolute Gasteiger partial charge is 0.348 e. The van der Waals surface area contributed by atoms with Gasteiger partial charge in [0.15, 0.2) is 5.82 Å². The Morgan fingerprint density at radius 3 is 2.58 bits per heavy atom. The third-order valence-corrected chi connectivity index (χ3v) is 5.43. The molecular weight excluding hydrogens is 397 g/mol. The first-order chi connectivity index (χ1) is 14.8. The van der Waals surface area contributed by atoms with Crippen LogP contribution in [0.3, 0.4) is 0 Å². The number of hydrogen-bond donors (Lipinski definition) is 1. The molecule has 0 unspecified atom stereocenters. The quantitative estimate of drug-likeness (QED) is 0.685. The van der Waals surface area contributed by atoms with Crippen molar-refractivity contribution in [3.63, 3.8) is 0 Å². The molecule has 1 aromatic heterocycles. The molecule has 0 spiro atoms. The van der Waals surface area contributed by atoms with E-state index in [2.05, 4.69) is 15.4 Å². The lowest BCUT2D eigenvalue weighted by Crippen LogP contribution is -2.27. The highest BCUT2D eigenvalue weighted by Gasteiger charge is 2.35. The molecule has 7 nitrogen and oxygen atoms in total. The van der Waals surface area contributed by atoms with E-state index >= 15 is 0 Å². The molecule has 3 aromatic rings. The summed E-state index contributed by atoms with van der Waals surface area (Å²) in [5.74, 6) is -0.206. The highest BCUT2D eigenvalue weighted by molar-refractivity contribution is 5.98. The third kappa shape index (κ3) is 4.19. The monoisotopic (exact) mass is 421 g/mol. The van der Waals surface area contributed by atoms with Gasteiger partial charge in [-0.25, -0.2) is 9.37 Å². The molecule has 4 rings (SSSR count). The summed E-state index contributed by atoms with van der Waals surface area (Å²) in [6.07, 6.45) is 1.69. The van der Waals surface area contributed by atoms with Crippen LogP contribution in [0.4, 0.5) is 10.1 Å². The summed E-state index contributed by atoms with van der Waals surface area (Å²) < 4.78 is 14.8. The van der Waals surface area contributed by atoms with Crippen molar-refractivity contribution in [2.75, 3.05) is 11.4 Å². The van der Waals surface area contributed by atoms with Crippen molar-refractivity contribution in [1.82, 2.24) is 20.1 Å². The van der Waals surface area contributed by atoms with Crippen LogP contribution in [0.1, 0.15) is 60.0 Å². The van der Waals surface area contributed by atoms with Gasteiger partial charge in [0.25, 0.3) is 5.91 Å². The fourth-order valence-electron chi connectivity index (χ4n) is 3.70. The number of nitrogens with zero attached hydrogens (tertiary/aromatic N) is 4. The molecule has 2 heterocycles. The maximum atomic E-state index is 13.1. The summed E-state index contributed by atoms with van der Waals surface area (Å²) in [6.45, 7) is 6.29. The second kappa shape index (κ2) is 8.29. The number of fused-ring (bicyclic) bond motifs is 1. The summed E-state index contributed by atoms with van der Waals surface area (Å²) in [6, 6.07) is 11.5. The SMILES string of the molecule is CC(=O)N1C[C@H](c2ncn(C(C)C)n2)c2cc(C(=O)NCc3ccc(F)cc3)ccc21. The average molecular weight is 421 g/mol. The number of aromatic nitrogens is 3. The Kier molecular flexibility index (Phi) is 5.54. The number of carbonyl (C=O) groups excluding carboxylic acids is 2. The van der Waals surface area contributed by atoms with Crippen molar-refractivity contribution >= 4 is 17.5 Å². The molecule has 0 bridgehead atoms. The summed E-state index contributed by atoms with van der Waals surface area (Å²) >= 11 is 0. The smallest absolute Gasteiger partial charge is 0.251 e. The van der Waals surface area contributed by atoms with E-state index in [1.807, 2.05) is 13.8 Å². The number of halogens is 1. The number of rotatable bonds is 5. The standard InChI is InChI=1S/C23H24FN5O2/c1-14(2)29-13-26-22(27-29)20-12-28(15(3)30)21-9-6-17(10-19(20)21)23(31)25-11-16-4-7-18(24)8-5-16/h4-10,13-14,20H,11-12H2,1-3H3,(H,25,31)/t20-/m0/s1. The first-order valence-electron chi connectivity index (χ1n) is 10.2. The van der Waals surface area contributed by atoms with Crippen LogP contribution < -0.4 is 10.2 Å². The fourth-order valence-corrected chi connectivity index (χ4v) is 3.70. The molecule has 0 saturated heterocycles. The zero-order valence-corrected chi connectivity index (χ0v) is 17.7. The minimum absolute atomic E-state index is 0.0689. The average Bonchev–Trinajstić information content (AvgIpc) is 3.37. The third-order valence-electron chi connectivity index (χ3n) is 5.43. The number of anilines is 1. The Hall–Kier alpha value is -3.55. The van der Waals surface area contributed by atoms with Crippen LogP contribution in [-0.2, 0) is 11.3 Å². The van der Waals surface area contributed by atoms with Gasteiger partial charge in [-0.3, -0.25) is 14.3 Å². The van der Waals surface area contributed by atoms with Crippen molar-refractivity contribution in [2.24, 2.45) is 0 Å². The Morgan fingerprint density at radius 1 is 1.19 bits per heavy atom. The van der Waals surface area contributed by atoms with Crippen molar-refractivity contribution in [1.29, 1.82) is 0 Å². The van der Waals surface area contributed by atoms with Crippen molar-refractivity contribution in [3.05, 3.63) is 77.1 Å². The van der Waals surface area contributed by atoms with Gasteiger partial charge >= 0.3 is 0 Å². The van der Waals surface area contributed by atoms with E-state index in [1.165, 1.54) is 19.1 Å². The Balaban J connectivity index is 1.60. The van der Waals surface area contributed by atoms with Gasteiger partial charge in [-0.05, 0) is 55.3 Å². The normalized spacial score (nSPS) is 15.3. The minimum atomic E-state index is -0.316. The fraction of sp³-hybridized carbons (Fsp3) is 0.304. The lowest BCUT2D eigenvalue weighted by Gasteiger charge is -2.15. The van der Waals surface area contributed by atoms with Gasteiger partial charge in [0.2, 0.25) is 5.91 Å². The van der Waals surface area contributed by atoms with E-state index in [0.717, 1.165) is 16.8 Å². The van der Waals surface area contributed by atoms with Crippen LogP contribution in [0, 0.1) is 5.82 Å². The molecule has 8 heteroatoms. The molecule has 160 valence electrons. The van der Waals surface area contributed by atoms with E-state index in [0.29, 0.717) is 24.5 Å². The van der Waals surface area contributed by atoms with Crippen LogP contribution in [0.2, 0.25) is 0 Å². The lowest BCUT2D eigenvalue weighted by molar-refractivity contribution is -0.116. The maximum absolute atomic E-state index is 13.1. The summed E-state index contributed by atoms with van der Waals surface area (Å²) in [5, 5.41) is 7.43. The number of hydrogen-bond acceptors (Lipinski definition) is 4. The highest BCUT2D eigenvalue weighted by Crippen LogP contribution is 2.39. The van der Waals surface area contributed by atoms with E-state index in [4.69, 9.17) is 0 Å².